The molecule has 0 fully saturated rings. The maximum atomic E-state index is 3.91. The van der Waals surface area contributed by atoms with Gasteiger partial charge in [-0.3, -0.25) is 0 Å². The number of aromatic amines is 1. The SMILES string of the molecule is [Xe]c1ccc2[nH]ncc2c1. The van der Waals surface area contributed by atoms with Crippen LogP contribution < -0.4 is 0.0314 Å². The van der Waals surface area contributed by atoms with Crippen LogP contribution in [0.25, 0.3) is 10.9 Å². The summed E-state index contributed by atoms with van der Waals surface area (Å²) in [5.41, 5.74) is 1.09. The summed E-state index contributed by atoms with van der Waals surface area (Å²) in [5.74, 6) is 0. The predicted molar refractivity (Wildman–Crippen MR) is 35.7 cm³/mol. The van der Waals surface area contributed by atoms with E-state index in [2.05, 4.69) is 62.8 Å². The Kier molecular flexibility index (Phi) is 1.88. The van der Waals surface area contributed by atoms with E-state index in [1.165, 1.54) is 0.0314 Å². The van der Waals surface area contributed by atoms with Gasteiger partial charge in [0.1, 0.15) is 0 Å². The van der Waals surface area contributed by atoms with E-state index >= 15 is 0 Å². The van der Waals surface area contributed by atoms with Crippen LogP contribution in [0.2, 0.25) is 0 Å². The number of hydrogen-bond donors (Lipinski definition) is 1. The van der Waals surface area contributed by atoms with E-state index in [1.807, 2.05) is 18.3 Å². The van der Waals surface area contributed by atoms with Gasteiger partial charge >= 0.3 is 92.1 Å². The van der Waals surface area contributed by atoms with Crippen molar-refractivity contribution < 1.29 is 46.5 Å². The van der Waals surface area contributed by atoms with E-state index in [0.717, 1.165) is 10.9 Å². The molecule has 1 heterocycles. The van der Waals surface area contributed by atoms with Crippen LogP contribution in [0.5, 0.6) is 0 Å². The Morgan fingerprint density at radius 3 is 3.20 bits per heavy atom. The van der Waals surface area contributed by atoms with Crippen LogP contribution in [0.15, 0.2) is 24.4 Å². The van der Waals surface area contributed by atoms with Crippen LogP contribution in [0.3, 0.4) is 0 Å². The van der Waals surface area contributed by atoms with Crippen LogP contribution in [-0.4, -0.2) is 10.2 Å². The minimum atomic E-state index is 1.09. The van der Waals surface area contributed by atoms with Gasteiger partial charge in [0.2, 0.25) is 0 Å². The summed E-state index contributed by atoms with van der Waals surface area (Å²) >= 11 is 2.56. The molecule has 0 atom stereocenters. The molecular weight excluding hydrogens is 243 g/mol. The molecule has 1 aromatic heterocycles. The third kappa shape index (κ3) is 1.17. The molecular formula is C7H5N2Xe. The Labute approximate surface area is 90.7 Å². The summed E-state index contributed by atoms with van der Waals surface area (Å²) in [6, 6.07) is 6.14. The standard InChI is InChI=1S/C7H5N2Xe/c10-6-1-2-7-5(3-6)4-8-9-7/h1-4H,(H,8,9). The van der Waals surface area contributed by atoms with Crippen molar-refractivity contribution in [1.29, 1.82) is 0 Å². The summed E-state index contributed by atoms with van der Waals surface area (Å²) in [6.45, 7) is 0. The van der Waals surface area contributed by atoms with Crippen molar-refractivity contribution in [1.82, 2.24) is 10.2 Å². The van der Waals surface area contributed by atoms with E-state index in [1.54, 1.807) is 0 Å². The number of hydrogen-bond acceptors (Lipinski definition) is 1. The van der Waals surface area contributed by atoms with Gasteiger partial charge in [-0.05, 0) is 0 Å². The number of rotatable bonds is 0. The maximum absolute atomic E-state index is 3.91. The third-order valence-corrected chi connectivity index (χ3v) is 2.02. The van der Waals surface area contributed by atoms with Gasteiger partial charge < -0.3 is 0 Å². The molecule has 0 spiro atoms. The molecule has 0 amide bonds. The van der Waals surface area contributed by atoms with Crippen LogP contribution in [0, 0.1) is 46.5 Å². The van der Waals surface area contributed by atoms with Crippen molar-refractivity contribution in [3.63, 3.8) is 0 Å². The van der Waals surface area contributed by atoms with Crippen molar-refractivity contribution in [3.8, 4) is 0 Å². The molecule has 2 nitrogen and oxygen atoms in total. The molecule has 2 aromatic rings. The fourth-order valence-electron chi connectivity index (χ4n) is 0.908. The monoisotopic (exact) mass is 249 g/mol. The van der Waals surface area contributed by atoms with Crippen LogP contribution in [0.4, 0.5) is 0 Å². The zero-order valence-corrected chi connectivity index (χ0v) is 7.13. The first-order chi connectivity index (χ1) is 4.86. The summed E-state index contributed by atoms with van der Waals surface area (Å²) in [5, 5.41) is 7.96. The average Bonchev–Trinajstić information content (AvgIpc) is 2.33. The Morgan fingerprint density at radius 2 is 2.30 bits per heavy atom. The second kappa shape index (κ2) is 2.71. The molecule has 3 heteroatoms. The van der Waals surface area contributed by atoms with E-state index in [0.29, 0.717) is 0 Å². The van der Waals surface area contributed by atoms with Crippen molar-refractivity contribution in [2.24, 2.45) is 0 Å². The molecule has 0 saturated carbocycles. The topological polar surface area (TPSA) is 28.7 Å². The third-order valence-electron chi connectivity index (χ3n) is 1.39. The Morgan fingerprint density at radius 1 is 1.40 bits per heavy atom. The van der Waals surface area contributed by atoms with E-state index in [-0.39, 0.29) is 0 Å². The molecule has 0 aliphatic heterocycles. The first-order valence-corrected chi connectivity index (χ1v) is 3.94. The predicted octanol–water partition coefficient (Wildman–Crippen LogP) is 0.738. The number of H-pyrrole nitrogens is 1. The summed E-state index contributed by atoms with van der Waals surface area (Å²) in [4.78, 5) is 0. The number of fused-ring (bicyclic) bond motifs is 1. The Hall–Kier alpha value is 0.261. The fraction of sp³-hybridized carbons (Fsp3) is 0. The first kappa shape index (κ1) is 6.94. The number of nitrogens with one attached hydrogen (secondary N) is 1. The van der Waals surface area contributed by atoms with Crippen LogP contribution in [-0.2, 0) is 0 Å². The van der Waals surface area contributed by atoms with Crippen molar-refractivity contribution >= 4 is 10.9 Å². The van der Waals surface area contributed by atoms with Gasteiger partial charge in [0, 0.05) is 0 Å². The van der Waals surface area contributed by atoms with Gasteiger partial charge in [-0.15, -0.1) is 0 Å². The van der Waals surface area contributed by atoms with Crippen molar-refractivity contribution in [3.05, 3.63) is 24.4 Å². The van der Waals surface area contributed by atoms with E-state index in [4.69, 9.17) is 0 Å². The van der Waals surface area contributed by atoms with Crippen LogP contribution in [0.1, 0.15) is 0 Å². The van der Waals surface area contributed by atoms with Gasteiger partial charge in [0.15, 0.2) is 0 Å². The second-order valence-corrected chi connectivity index (χ2v) is 3.25. The van der Waals surface area contributed by atoms with Crippen molar-refractivity contribution in [2.45, 2.75) is 0 Å². The van der Waals surface area contributed by atoms with Crippen LogP contribution >= 0.6 is 0 Å². The van der Waals surface area contributed by atoms with Gasteiger partial charge in [-0.25, -0.2) is 0 Å². The van der Waals surface area contributed by atoms with Gasteiger partial charge in [0.25, 0.3) is 0 Å². The van der Waals surface area contributed by atoms with Gasteiger partial charge in [-0.2, -0.15) is 0 Å². The Balaban J connectivity index is 2.86. The summed E-state index contributed by atoms with van der Waals surface area (Å²) in [7, 11) is 0. The first-order valence-electron chi connectivity index (χ1n) is 2.94. The Bertz CT molecular complexity index is 353. The normalized spacial score (nSPS) is 10.5. The summed E-state index contributed by atoms with van der Waals surface area (Å²) < 4.78 is 1.20. The molecule has 10 heavy (non-hydrogen) atoms. The van der Waals surface area contributed by atoms with Gasteiger partial charge in [0.05, 0.1) is 0 Å². The molecule has 0 aliphatic rings. The molecule has 1 N–H and O–H groups in total. The molecule has 0 aliphatic carbocycles. The number of nitrogens with zero attached hydrogens (tertiary/aromatic N) is 1. The quantitative estimate of drug-likeness (QED) is 0.732. The fourth-order valence-corrected chi connectivity index (χ4v) is 1.39. The summed E-state index contributed by atoms with van der Waals surface area (Å²) in [6.07, 6.45) is 1.82. The zero-order valence-electron chi connectivity index (χ0n) is 5.11. The molecule has 1 radical (unpaired) electrons. The molecule has 2 rings (SSSR count). The van der Waals surface area contributed by atoms with E-state index < -0.39 is 0 Å². The number of aromatic nitrogens is 2. The molecule has 0 saturated heterocycles. The van der Waals surface area contributed by atoms with Crippen molar-refractivity contribution in [2.75, 3.05) is 0 Å². The molecule has 0 bridgehead atoms. The minimum absolute atomic E-state index is 1.09. The van der Waals surface area contributed by atoms with E-state index in [9.17, 15) is 0 Å². The van der Waals surface area contributed by atoms with Gasteiger partial charge in [-0.1, -0.05) is 0 Å². The zero-order chi connectivity index (χ0) is 6.97. The molecule has 51 valence electrons. The molecule has 0 unspecified atom stereocenters. The molecule has 1 aromatic carbocycles. The second-order valence-electron chi connectivity index (χ2n) is 2.09. The average molecular weight is 248 g/mol. The number of benzene rings is 1.